The predicted octanol–water partition coefficient (Wildman–Crippen LogP) is 3.13. The van der Waals surface area contributed by atoms with Gasteiger partial charge in [-0.15, -0.1) is 0 Å². The van der Waals surface area contributed by atoms with Gasteiger partial charge in [0.15, 0.2) is 5.82 Å². The van der Waals surface area contributed by atoms with Crippen molar-refractivity contribution in [3.8, 4) is 6.07 Å². The lowest BCUT2D eigenvalue weighted by Crippen LogP contribution is -2.53. The first-order valence-electron chi connectivity index (χ1n) is 13.1. The Kier molecular flexibility index (Phi) is 5.53. The van der Waals surface area contributed by atoms with Crippen LogP contribution in [0.2, 0.25) is 0 Å². The van der Waals surface area contributed by atoms with E-state index in [-0.39, 0.29) is 18.0 Å². The minimum Gasteiger partial charge on any atom is -0.362 e. The van der Waals surface area contributed by atoms with Crippen LogP contribution < -0.4 is 4.90 Å². The third-order valence-electron chi connectivity index (χ3n) is 8.29. The van der Waals surface area contributed by atoms with Crippen LogP contribution >= 0.6 is 0 Å². The maximum Gasteiger partial charge on any atom is 0.229 e. The van der Waals surface area contributed by atoms with Crippen molar-refractivity contribution in [1.82, 2.24) is 29.2 Å². The van der Waals surface area contributed by atoms with E-state index in [0.29, 0.717) is 30.8 Å². The summed E-state index contributed by atoms with van der Waals surface area (Å²) in [6, 6.07) is 6.00. The van der Waals surface area contributed by atoms with Crippen molar-refractivity contribution in [2.45, 2.75) is 65.7 Å². The Morgan fingerprint density at radius 1 is 1.22 bits per heavy atom. The lowest BCUT2D eigenvalue weighted by molar-refractivity contribution is -0.145. The summed E-state index contributed by atoms with van der Waals surface area (Å²) in [6.07, 6.45) is 3.13. The largest absolute Gasteiger partial charge is 0.362 e. The number of rotatable bonds is 4. The van der Waals surface area contributed by atoms with Crippen molar-refractivity contribution in [3.63, 3.8) is 0 Å². The number of carbonyl (C=O) groups excluding carboxylic acids is 1. The summed E-state index contributed by atoms with van der Waals surface area (Å²) < 4.78 is 18.3. The molecule has 0 N–H and O–H groups in total. The van der Waals surface area contributed by atoms with Gasteiger partial charge in [-0.2, -0.15) is 15.5 Å². The van der Waals surface area contributed by atoms with Crippen LogP contribution in [-0.4, -0.2) is 67.3 Å². The maximum absolute atomic E-state index is 14.8. The van der Waals surface area contributed by atoms with Gasteiger partial charge >= 0.3 is 0 Å². The number of likely N-dealkylation sites (tertiary alicyclic amines) is 1. The highest BCUT2D eigenvalue weighted by atomic mass is 19.1. The highest BCUT2D eigenvalue weighted by Crippen LogP contribution is 2.36. The molecule has 0 spiro atoms. The molecule has 3 aliphatic heterocycles. The minimum atomic E-state index is -0.439. The molecule has 194 valence electrons. The predicted molar refractivity (Wildman–Crippen MR) is 136 cm³/mol. The Labute approximate surface area is 216 Å². The van der Waals surface area contributed by atoms with Crippen molar-refractivity contribution < 1.29 is 9.18 Å². The van der Waals surface area contributed by atoms with Gasteiger partial charge in [-0.1, -0.05) is 0 Å². The Morgan fingerprint density at radius 2 is 2.00 bits per heavy atom. The van der Waals surface area contributed by atoms with Gasteiger partial charge in [0.2, 0.25) is 5.91 Å². The van der Waals surface area contributed by atoms with Gasteiger partial charge in [-0.25, -0.2) is 8.91 Å². The molecule has 37 heavy (non-hydrogen) atoms. The second-order valence-corrected chi connectivity index (χ2v) is 11.5. The van der Waals surface area contributed by atoms with Crippen molar-refractivity contribution in [1.29, 1.82) is 5.26 Å². The average Bonchev–Trinajstić information content (AvgIpc) is 3.38. The van der Waals surface area contributed by atoms with Gasteiger partial charge in [0.05, 0.1) is 41.3 Å². The first-order chi connectivity index (χ1) is 17.7. The molecule has 0 radical (unpaired) electrons. The van der Waals surface area contributed by atoms with Gasteiger partial charge < -0.3 is 9.80 Å². The number of halogens is 1. The third-order valence-corrected chi connectivity index (χ3v) is 8.29. The monoisotopic (exact) mass is 504 g/mol. The van der Waals surface area contributed by atoms with Crippen LogP contribution in [0.1, 0.15) is 62.8 Å². The molecule has 1 fully saturated rings. The van der Waals surface area contributed by atoms with Gasteiger partial charge in [0.25, 0.3) is 0 Å². The van der Waals surface area contributed by atoms with Crippen molar-refractivity contribution in [2.24, 2.45) is 5.41 Å². The van der Waals surface area contributed by atoms with E-state index >= 15 is 0 Å². The van der Waals surface area contributed by atoms with Crippen molar-refractivity contribution >= 4 is 17.1 Å². The Hall–Kier alpha value is -3.45. The molecular weight excluding hydrogens is 471 g/mol. The van der Waals surface area contributed by atoms with E-state index in [9.17, 15) is 14.4 Å². The normalized spacial score (nSPS) is 21.9. The number of fused-ring (bicyclic) bond motifs is 4. The Morgan fingerprint density at radius 3 is 2.70 bits per heavy atom. The molecule has 9 nitrogen and oxygen atoms in total. The van der Waals surface area contributed by atoms with E-state index in [2.05, 4.69) is 53.3 Å². The summed E-state index contributed by atoms with van der Waals surface area (Å²) in [7, 11) is 0. The quantitative estimate of drug-likeness (QED) is 0.543. The van der Waals surface area contributed by atoms with Gasteiger partial charge in [-0.3, -0.25) is 14.4 Å². The molecule has 0 aromatic carbocycles. The molecule has 6 heterocycles. The number of hydrogen-bond donors (Lipinski definition) is 0. The van der Waals surface area contributed by atoms with Crippen LogP contribution in [0.5, 0.6) is 0 Å². The standard InChI is InChI=1S/C27H33FN8O/c1-17-10-20-22(14-34(17)16-27(3,4)26(37)32-8-5-9-32)31-35-18(2)13-33(15-24(20)35)23-7-6-19(11-29)36-25(23)21(28)12-30-36/h6-7,12,17-18H,5,8-10,13-16H2,1-4H3/t17-,18+/m0/s1. The zero-order chi connectivity index (χ0) is 26.1. The highest BCUT2D eigenvalue weighted by Gasteiger charge is 2.40. The molecule has 1 amide bonds. The lowest BCUT2D eigenvalue weighted by Gasteiger charge is -2.42. The smallest absolute Gasteiger partial charge is 0.229 e. The first kappa shape index (κ1) is 23.9. The van der Waals surface area contributed by atoms with Crippen LogP contribution in [-0.2, 0) is 24.3 Å². The molecule has 10 heteroatoms. The molecule has 1 saturated heterocycles. The van der Waals surface area contributed by atoms with E-state index in [1.807, 2.05) is 11.0 Å². The molecule has 0 unspecified atom stereocenters. The molecule has 0 aliphatic carbocycles. The minimum absolute atomic E-state index is 0.101. The number of nitrogens with zero attached hydrogens (tertiary/aromatic N) is 8. The summed E-state index contributed by atoms with van der Waals surface area (Å²) in [5, 5.41) is 18.6. The molecule has 2 atom stereocenters. The van der Waals surface area contributed by atoms with Crippen LogP contribution in [0.25, 0.3) is 5.52 Å². The molecule has 0 saturated carbocycles. The fourth-order valence-electron chi connectivity index (χ4n) is 6.17. The summed E-state index contributed by atoms with van der Waals surface area (Å²) in [5.41, 5.74) is 4.45. The maximum atomic E-state index is 14.8. The van der Waals surface area contributed by atoms with Crippen molar-refractivity contribution in [2.75, 3.05) is 31.1 Å². The van der Waals surface area contributed by atoms with Gasteiger partial charge in [-0.05, 0) is 52.7 Å². The number of nitriles is 1. The van der Waals surface area contributed by atoms with Crippen LogP contribution in [0.15, 0.2) is 18.3 Å². The van der Waals surface area contributed by atoms with Crippen LogP contribution in [0, 0.1) is 22.6 Å². The first-order valence-corrected chi connectivity index (χ1v) is 13.1. The topological polar surface area (TPSA) is 85.7 Å². The number of anilines is 1. The summed E-state index contributed by atoms with van der Waals surface area (Å²) in [5.74, 6) is -0.188. The number of pyridine rings is 1. The number of amides is 1. The van der Waals surface area contributed by atoms with E-state index < -0.39 is 11.2 Å². The zero-order valence-electron chi connectivity index (χ0n) is 21.9. The van der Waals surface area contributed by atoms with E-state index in [4.69, 9.17) is 5.10 Å². The second-order valence-electron chi connectivity index (χ2n) is 11.5. The van der Waals surface area contributed by atoms with E-state index in [1.165, 1.54) is 22.0 Å². The SMILES string of the molecule is C[C@@H]1CN(c2ccc(C#N)n3ncc(F)c23)Cc2c3c(nn21)CN(CC(C)(C)C(=O)N1CCC1)[C@@H](C)C3. The summed E-state index contributed by atoms with van der Waals surface area (Å²) in [4.78, 5) is 19.5. The van der Waals surface area contributed by atoms with Crippen LogP contribution in [0.3, 0.4) is 0 Å². The second kappa shape index (κ2) is 8.55. The summed E-state index contributed by atoms with van der Waals surface area (Å²) >= 11 is 0. The van der Waals surface area contributed by atoms with Gasteiger partial charge in [0, 0.05) is 44.3 Å². The molecule has 3 aliphatic rings. The third kappa shape index (κ3) is 3.79. The number of aromatic nitrogens is 4. The average molecular weight is 505 g/mol. The van der Waals surface area contributed by atoms with Gasteiger partial charge in [0.1, 0.15) is 17.3 Å². The fraction of sp³-hybridized carbons (Fsp3) is 0.556. The number of hydrogen-bond acceptors (Lipinski definition) is 6. The Bertz CT molecular complexity index is 1430. The Balaban J connectivity index is 1.28. The zero-order valence-corrected chi connectivity index (χ0v) is 21.9. The van der Waals surface area contributed by atoms with Crippen molar-refractivity contribution in [3.05, 3.63) is 46.8 Å². The lowest BCUT2D eigenvalue weighted by atomic mass is 9.87. The highest BCUT2D eigenvalue weighted by molar-refractivity contribution is 5.82. The molecule has 6 rings (SSSR count). The summed E-state index contributed by atoms with van der Waals surface area (Å²) in [6.45, 7) is 12.9. The molecular formula is C27H33FN8O. The molecule has 3 aromatic rings. The molecule has 0 bridgehead atoms. The molecule has 3 aromatic heterocycles. The van der Waals surface area contributed by atoms with E-state index in [1.54, 1.807) is 6.07 Å². The van der Waals surface area contributed by atoms with E-state index in [0.717, 1.165) is 43.9 Å². The number of carbonyl (C=O) groups is 1. The fourth-order valence-corrected chi connectivity index (χ4v) is 6.17. The van der Waals surface area contributed by atoms with Crippen LogP contribution in [0.4, 0.5) is 10.1 Å².